The van der Waals surface area contributed by atoms with Crippen molar-refractivity contribution in [1.29, 1.82) is 0 Å². The Kier molecular flexibility index (Phi) is 27.4. The van der Waals surface area contributed by atoms with Crippen LogP contribution in [0.25, 0.3) is 0 Å². The molecule has 12 heteroatoms. The number of carbonyl (C=O) groups excluding carboxylic acids is 2. The quantitative estimate of drug-likeness (QED) is 0.127. The number of hydrogen-bond acceptors (Lipinski definition) is 11. The fourth-order valence-corrected chi connectivity index (χ4v) is 2.52. The van der Waals surface area contributed by atoms with E-state index in [1.807, 2.05) is 6.92 Å². The lowest BCUT2D eigenvalue weighted by Gasteiger charge is -2.09. The molecule has 0 aromatic heterocycles. The molecule has 214 valence electrons. The number of hydrogen-bond donors (Lipinski definition) is 2. The largest absolute Gasteiger partial charge is 0.379 e. The zero-order valence-electron chi connectivity index (χ0n) is 22.2. The zero-order chi connectivity index (χ0) is 26.5. The van der Waals surface area contributed by atoms with Gasteiger partial charge in [0, 0.05) is 19.6 Å². The van der Waals surface area contributed by atoms with E-state index in [1.165, 1.54) is 6.92 Å². The van der Waals surface area contributed by atoms with Gasteiger partial charge in [-0.2, -0.15) is 0 Å². The van der Waals surface area contributed by atoms with Gasteiger partial charge in [0.05, 0.1) is 105 Å². The Balaban J connectivity index is 3.13. The van der Waals surface area contributed by atoms with E-state index in [4.69, 9.17) is 43.6 Å². The highest BCUT2D eigenvalue weighted by Gasteiger charge is 2.10. The monoisotopic (exact) mass is 524 g/mol. The molecule has 0 bridgehead atoms. The average molecular weight is 525 g/mol. The van der Waals surface area contributed by atoms with Crippen LogP contribution in [0.15, 0.2) is 0 Å². The third-order valence-electron chi connectivity index (χ3n) is 4.58. The number of Topliss-reactive ketones (excluding diaryl/α,β-unsaturated/α-hetero) is 1. The Morgan fingerprint density at radius 3 is 1.28 bits per heavy atom. The molecule has 0 saturated heterocycles. The van der Waals surface area contributed by atoms with Gasteiger partial charge >= 0.3 is 0 Å². The summed E-state index contributed by atoms with van der Waals surface area (Å²) in [6.45, 7) is 12.0. The molecule has 0 aromatic carbocycles. The van der Waals surface area contributed by atoms with E-state index in [2.05, 4.69) is 5.32 Å². The third-order valence-corrected chi connectivity index (χ3v) is 4.58. The second-order valence-electron chi connectivity index (χ2n) is 7.59. The molecule has 0 aliphatic carbocycles. The summed E-state index contributed by atoms with van der Waals surface area (Å²) >= 11 is 0. The van der Waals surface area contributed by atoms with Gasteiger partial charge in [-0.3, -0.25) is 9.59 Å². The molecule has 0 aliphatic heterocycles. The standard InChI is InChI=1S/C24H48N2O10/c1-3-29-8-9-31-12-13-33-16-17-35-20-21-36-19-18-34-15-14-32-11-10-30-7-6-26-24(28)5-4-23(25)22(2)27/h23H,3-21,25H2,1-2H3,(H,26,28)/t23-/m0/s1. The predicted molar refractivity (Wildman–Crippen MR) is 133 cm³/mol. The minimum absolute atomic E-state index is 0.115. The summed E-state index contributed by atoms with van der Waals surface area (Å²) in [5, 5.41) is 2.72. The fourth-order valence-electron chi connectivity index (χ4n) is 2.52. The summed E-state index contributed by atoms with van der Waals surface area (Å²) in [4.78, 5) is 22.6. The summed E-state index contributed by atoms with van der Waals surface area (Å²) in [7, 11) is 0. The van der Waals surface area contributed by atoms with Gasteiger partial charge in [-0.05, 0) is 20.3 Å². The van der Waals surface area contributed by atoms with Crippen molar-refractivity contribution in [3.63, 3.8) is 0 Å². The van der Waals surface area contributed by atoms with Crippen LogP contribution in [0.2, 0.25) is 0 Å². The molecule has 0 heterocycles. The summed E-state index contributed by atoms with van der Waals surface area (Å²) in [5.74, 6) is -0.257. The van der Waals surface area contributed by atoms with Crippen molar-refractivity contribution in [2.45, 2.75) is 32.7 Å². The van der Waals surface area contributed by atoms with E-state index in [9.17, 15) is 9.59 Å². The molecule has 0 fully saturated rings. The molecule has 0 rings (SSSR count). The molecular formula is C24H48N2O10. The molecule has 0 aromatic rings. The van der Waals surface area contributed by atoms with E-state index in [0.29, 0.717) is 119 Å². The molecule has 1 atom stereocenters. The topological polar surface area (TPSA) is 146 Å². The van der Waals surface area contributed by atoms with Crippen LogP contribution in [0.5, 0.6) is 0 Å². The zero-order valence-corrected chi connectivity index (χ0v) is 22.2. The highest BCUT2D eigenvalue weighted by atomic mass is 16.6. The van der Waals surface area contributed by atoms with E-state index in [-0.39, 0.29) is 18.1 Å². The van der Waals surface area contributed by atoms with Crippen LogP contribution >= 0.6 is 0 Å². The minimum atomic E-state index is -0.579. The first-order chi connectivity index (χ1) is 17.6. The van der Waals surface area contributed by atoms with Gasteiger partial charge in [-0.1, -0.05) is 0 Å². The van der Waals surface area contributed by atoms with Crippen molar-refractivity contribution < 1.29 is 47.5 Å². The van der Waals surface area contributed by atoms with Crippen molar-refractivity contribution in [1.82, 2.24) is 5.32 Å². The Morgan fingerprint density at radius 2 is 0.944 bits per heavy atom. The van der Waals surface area contributed by atoms with Gasteiger partial charge in [0.25, 0.3) is 0 Å². The maximum Gasteiger partial charge on any atom is 0.220 e. The fraction of sp³-hybridized carbons (Fsp3) is 0.917. The second kappa shape index (κ2) is 28.4. The maximum atomic E-state index is 11.6. The van der Waals surface area contributed by atoms with Crippen molar-refractivity contribution in [2.75, 3.05) is 112 Å². The van der Waals surface area contributed by atoms with Crippen LogP contribution < -0.4 is 11.1 Å². The van der Waals surface area contributed by atoms with Crippen LogP contribution in [0.4, 0.5) is 0 Å². The summed E-state index contributed by atoms with van der Waals surface area (Å²) < 4.78 is 43.0. The van der Waals surface area contributed by atoms with E-state index in [0.717, 1.165) is 0 Å². The highest BCUT2D eigenvalue weighted by Crippen LogP contribution is 1.95. The SMILES string of the molecule is CCOCCOCCOCCOCCOCCOCCOCCOCCNC(=O)CC[C@H](N)C(C)=O. The van der Waals surface area contributed by atoms with E-state index in [1.54, 1.807) is 0 Å². The van der Waals surface area contributed by atoms with Crippen LogP contribution in [0.3, 0.4) is 0 Å². The maximum absolute atomic E-state index is 11.6. The summed E-state index contributed by atoms with van der Waals surface area (Å²) in [5.41, 5.74) is 5.59. The number of rotatable bonds is 29. The first-order valence-electron chi connectivity index (χ1n) is 12.7. The van der Waals surface area contributed by atoms with Crippen molar-refractivity contribution >= 4 is 11.7 Å². The molecule has 0 spiro atoms. The number of amides is 1. The van der Waals surface area contributed by atoms with Gasteiger partial charge in [-0.25, -0.2) is 0 Å². The van der Waals surface area contributed by atoms with Crippen molar-refractivity contribution in [2.24, 2.45) is 5.73 Å². The normalized spacial score (nSPS) is 12.1. The Morgan fingerprint density at radius 1 is 0.611 bits per heavy atom. The molecule has 0 saturated carbocycles. The lowest BCUT2D eigenvalue weighted by molar-refractivity contribution is -0.122. The highest BCUT2D eigenvalue weighted by molar-refractivity contribution is 5.82. The third kappa shape index (κ3) is 27.4. The predicted octanol–water partition coefficient (Wildman–Crippen LogP) is -0.0482. The summed E-state index contributed by atoms with van der Waals surface area (Å²) in [6.07, 6.45) is 0.577. The molecule has 3 N–H and O–H groups in total. The van der Waals surface area contributed by atoms with Crippen LogP contribution in [0, 0.1) is 0 Å². The first kappa shape index (κ1) is 34.8. The van der Waals surface area contributed by atoms with Gasteiger partial charge in [0.2, 0.25) is 5.91 Å². The summed E-state index contributed by atoms with van der Waals surface area (Å²) in [6, 6.07) is -0.579. The lowest BCUT2D eigenvalue weighted by atomic mass is 10.1. The number of ether oxygens (including phenoxy) is 8. The minimum Gasteiger partial charge on any atom is -0.379 e. The smallest absolute Gasteiger partial charge is 0.220 e. The second-order valence-corrected chi connectivity index (χ2v) is 7.59. The number of ketones is 1. The molecule has 1 amide bonds. The Hall–Kier alpha value is -1.22. The van der Waals surface area contributed by atoms with Gasteiger partial charge in [0.15, 0.2) is 0 Å². The molecule has 12 nitrogen and oxygen atoms in total. The molecule has 0 aliphatic rings. The molecule has 0 radical (unpaired) electrons. The number of nitrogens with one attached hydrogen (secondary N) is 1. The van der Waals surface area contributed by atoms with Gasteiger partial charge in [-0.15, -0.1) is 0 Å². The first-order valence-corrected chi connectivity index (χ1v) is 12.7. The average Bonchev–Trinajstić information content (AvgIpc) is 2.87. The Bertz CT molecular complexity index is 500. The number of carbonyl (C=O) groups is 2. The van der Waals surface area contributed by atoms with Gasteiger partial charge in [0.1, 0.15) is 5.78 Å². The van der Waals surface area contributed by atoms with Crippen molar-refractivity contribution in [3.8, 4) is 0 Å². The van der Waals surface area contributed by atoms with Crippen LogP contribution in [0.1, 0.15) is 26.7 Å². The van der Waals surface area contributed by atoms with E-state index < -0.39 is 6.04 Å². The van der Waals surface area contributed by atoms with Crippen LogP contribution in [-0.2, 0) is 47.5 Å². The molecular weight excluding hydrogens is 476 g/mol. The van der Waals surface area contributed by atoms with Gasteiger partial charge < -0.3 is 48.9 Å². The Labute approximate surface area is 215 Å². The van der Waals surface area contributed by atoms with Crippen molar-refractivity contribution in [3.05, 3.63) is 0 Å². The molecule has 36 heavy (non-hydrogen) atoms. The van der Waals surface area contributed by atoms with Crippen LogP contribution in [-0.4, -0.2) is 130 Å². The number of nitrogens with two attached hydrogens (primary N) is 1. The van der Waals surface area contributed by atoms with E-state index >= 15 is 0 Å². The molecule has 0 unspecified atom stereocenters. The lowest BCUT2D eigenvalue weighted by Crippen LogP contribution is -2.32.